The van der Waals surface area contributed by atoms with E-state index in [1.165, 1.54) is 30.4 Å². The third-order valence-corrected chi connectivity index (χ3v) is 14.0. The molecule has 8 amide bonds. The molecule has 1 aromatic carbocycles. The van der Waals surface area contributed by atoms with Crippen LogP contribution in [0.3, 0.4) is 0 Å². The first-order valence-corrected chi connectivity index (χ1v) is 26.9. The van der Waals surface area contributed by atoms with Crippen molar-refractivity contribution in [3.8, 4) is 0 Å². The quantitative estimate of drug-likeness (QED) is 0.0689. The first-order valence-electron chi connectivity index (χ1n) is 24.6. The van der Waals surface area contributed by atoms with E-state index in [4.69, 9.17) is 22.9 Å². The van der Waals surface area contributed by atoms with Crippen LogP contribution >= 0.6 is 23.5 Å². The van der Waals surface area contributed by atoms with Crippen LogP contribution in [0.15, 0.2) is 24.3 Å². The highest BCUT2D eigenvalue weighted by atomic mass is 32.2. The molecule has 0 saturated carbocycles. The highest BCUT2D eigenvalue weighted by molar-refractivity contribution is 7.98. The van der Waals surface area contributed by atoms with E-state index >= 15 is 0 Å². The fourth-order valence-electron chi connectivity index (χ4n) is 7.59. The minimum Gasteiger partial charge on any atom is -0.391 e. The monoisotopic (exact) mass is 1020 g/mol. The van der Waals surface area contributed by atoms with Crippen molar-refractivity contribution in [2.24, 2.45) is 40.7 Å². The highest BCUT2D eigenvalue weighted by Gasteiger charge is 2.36. The van der Waals surface area contributed by atoms with Gasteiger partial charge in [0.05, 0.1) is 12.1 Å². The lowest BCUT2D eigenvalue weighted by Gasteiger charge is -2.29. The zero-order chi connectivity index (χ0) is 52.5. The van der Waals surface area contributed by atoms with Crippen LogP contribution in [-0.4, -0.2) is 131 Å². The Hall–Kier alpha value is -4.48. The van der Waals surface area contributed by atoms with E-state index in [1.54, 1.807) is 6.92 Å². The molecule has 2 rings (SSSR count). The van der Waals surface area contributed by atoms with Crippen molar-refractivity contribution >= 4 is 70.8 Å². The van der Waals surface area contributed by atoms with E-state index in [2.05, 4.69) is 37.2 Å². The minimum absolute atomic E-state index is 0.0381. The summed E-state index contributed by atoms with van der Waals surface area (Å²) in [5.74, 6) is -4.85. The van der Waals surface area contributed by atoms with Gasteiger partial charge in [-0.25, -0.2) is 0 Å². The van der Waals surface area contributed by atoms with Crippen LogP contribution in [0.25, 0.3) is 0 Å². The summed E-state index contributed by atoms with van der Waals surface area (Å²) in [6, 6.07) is -1.64. The second-order valence-corrected chi connectivity index (χ2v) is 21.2. The molecule has 0 fully saturated rings. The molecule has 20 nitrogen and oxygen atoms in total. The summed E-state index contributed by atoms with van der Waals surface area (Å²) in [5, 5.41) is 29.8. The lowest BCUT2D eigenvalue weighted by Crippen LogP contribution is -2.61. The van der Waals surface area contributed by atoms with Crippen molar-refractivity contribution in [3.63, 3.8) is 0 Å². The van der Waals surface area contributed by atoms with Gasteiger partial charge in [0.25, 0.3) is 0 Å². The zero-order valence-electron chi connectivity index (χ0n) is 42.2. The Bertz CT molecular complexity index is 1860. The molecule has 0 aromatic heterocycles. The second kappa shape index (κ2) is 32.5. The number of thioether (sulfide) groups is 2. The molecule has 0 saturated heterocycles. The predicted octanol–water partition coefficient (Wildman–Crippen LogP) is 0.150. The molecule has 1 aromatic rings. The Balaban J connectivity index is 2.62. The van der Waals surface area contributed by atoms with Gasteiger partial charge in [-0.05, 0) is 100 Å². The van der Waals surface area contributed by atoms with E-state index in [0.29, 0.717) is 56.7 Å². The number of amides is 8. The van der Waals surface area contributed by atoms with Gasteiger partial charge < -0.3 is 65.3 Å². The largest absolute Gasteiger partial charge is 0.391 e. The summed E-state index contributed by atoms with van der Waals surface area (Å²) in [6.07, 6.45) is 1.70. The van der Waals surface area contributed by atoms with Gasteiger partial charge in [-0.2, -0.15) is 23.5 Å². The van der Waals surface area contributed by atoms with Gasteiger partial charge in [-0.15, -0.1) is 0 Å². The van der Waals surface area contributed by atoms with Gasteiger partial charge >= 0.3 is 0 Å². The first-order chi connectivity index (χ1) is 33.1. The van der Waals surface area contributed by atoms with E-state index < -0.39 is 102 Å². The summed E-state index contributed by atoms with van der Waals surface area (Å²) in [5.41, 5.74) is 25.3. The van der Waals surface area contributed by atoms with Crippen molar-refractivity contribution in [3.05, 3.63) is 35.4 Å². The summed E-state index contributed by atoms with van der Waals surface area (Å²) in [6.45, 7) is 13.0. The van der Waals surface area contributed by atoms with Crippen molar-refractivity contribution < 1.29 is 43.5 Å². The molecular weight excluding hydrogens is 939 g/mol. The van der Waals surface area contributed by atoms with Gasteiger partial charge in [-0.1, -0.05) is 72.2 Å². The first kappa shape index (κ1) is 61.6. The molecule has 70 heavy (non-hydrogen) atoms. The Morgan fingerprint density at radius 3 is 1.89 bits per heavy atom. The molecule has 16 N–H and O–H groups in total. The number of nitrogens with two attached hydrogens (primary N) is 4. The lowest BCUT2D eigenvalue weighted by atomic mass is 9.97. The van der Waals surface area contributed by atoms with Crippen molar-refractivity contribution in [2.75, 3.05) is 24.6 Å². The topological polar surface area (TPSA) is 345 Å². The fourth-order valence-corrected chi connectivity index (χ4v) is 9.54. The van der Waals surface area contributed by atoms with E-state index in [-0.39, 0.29) is 54.9 Å². The van der Waals surface area contributed by atoms with Crippen LogP contribution in [0.2, 0.25) is 0 Å². The molecular formula is C48H83N11O9S2. The predicted molar refractivity (Wildman–Crippen MR) is 275 cm³/mol. The summed E-state index contributed by atoms with van der Waals surface area (Å²) in [4.78, 5) is 110. The van der Waals surface area contributed by atoms with Crippen molar-refractivity contribution in [1.82, 2.24) is 37.2 Å². The van der Waals surface area contributed by atoms with Gasteiger partial charge in [0.1, 0.15) is 42.3 Å². The molecule has 0 unspecified atom stereocenters. The summed E-state index contributed by atoms with van der Waals surface area (Å²) in [7, 11) is 0. The number of fused-ring (bicyclic) bond motifs is 2. The van der Waals surface area contributed by atoms with Crippen LogP contribution in [0, 0.1) is 17.8 Å². The van der Waals surface area contributed by atoms with E-state index in [0.717, 1.165) is 11.1 Å². The standard InChI is InChI=1S/C48H83N11O9S2/c1-8-29(6)39(41(52)61)58-46(66)37(21-28(4)5)55-43(63)34(16-9-11-18-49)54-47(67)38-26-70-24-32-15-13-14-31(22-32)23-69-25-33(51)42(62)59-40(30(7)60)48(68)56-36(20-27(2)3)45(65)53-35(44(64)57-38)17-10-12-19-50/h13-15,22,27-30,33-40,60H,8-12,16-21,23-26,49-51H2,1-7H3,(H2,52,61)(H,53,65)(H,54,67)(H,55,63)(H,56,68)(H,57,64)(H,58,66)(H,59,62)/t29-,30+,33-,34-,35-,36-,37-,38-,39-,40-/m0/s1. The molecule has 0 spiro atoms. The number of unbranched alkanes of at least 4 members (excludes halogenated alkanes) is 2. The Kier molecular flexibility index (Phi) is 28.6. The van der Waals surface area contributed by atoms with Crippen LogP contribution < -0.4 is 60.2 Å². The number of carbonyl (C=O) groups excluding carboxylic acids is 8. The SMILES string of the molecule is CC[C@H](C)[C@H](NC(=O)[C@H](CC(C)C)NC(=O)[C@H](CCCCN)NC(=O)[C@@H]1CSCc2cccc(c2)CSC[C@H](N)C(=O)N[C@@H]([C@@H](C)O)C(=O)N[C@@H](CC(C)C)C(=O)N[C@@H](CCCCN)C(=O)N1)C(N)=O. The number of hydrogen-bond acceptors (Lipinski definition) is 14. The molecule has 1 heterocycles. The average Bonchev–Trinajstić information content (AvgIpc) is 3.29. The second-order valence-electron chi connectivity index (χ2n) is 19.1. The van der Waals surface area contributed by atoms with Crippen LogP contribution in [0.5, 0.6) is 0 Å². The zero-order valence-corrected chi connectivity index (χ0v) is 43.8. The Morgan fingerprint density at radius 2 is 1.31 bits per heavy atom. The Labute approximate surface area is 422 Å². The number of primary amides is 1. The minimum atomic E-state index is -1.45. The van der Waals surface area contributed by atoms with Crippen molar-refractivity contribution in [1.29, 1.82) is 0 Å². The molecule has 2 bridgehead atoms. The average molecular weight is 1020 g/mol. The molecule has 396 valence electrons. The van der Waals surface area contributed by atoms with Gasteiger partial charge in [0, 0.05) is 23.0 Å². The maximum absolute atomic E-state index is 14.5. The molecule has 1 aliphatic heterocycles. The van der Waals surface area contributed by atoms with Crippen LogP contribution in [0.1, 0.15) is 117 Å². The summed E-state index contributed by atoms with van der Waals surface area (Å²) < 4.78 is 0. The third-order valence-electron chi connectivity index (χ3n) is 11.8. The van der Waals surface area contributed by atoms with E-state index in [9.17, 15) is 43.5 Å². The number of aliphatic hydroxyl groups is 1. The van der Waals surface area contributed by atoms with Crippen molar-refractivity contribution in [2.45, 2.75) is 172 Å². The van der Waals surface area contributed by atoms with Gasteiger partial charge in [0.15, 0.2) is 0 Å². The number of nitrogens with one attached hydrogen (secondary N) is 7. The van der Waals surface area contributed by atoms with Crippen LogP contribution in [-0.2, 0) is 49.9 Å². The molecule has 1 aliphatic rings. The number of carbonyl (C=O) groups is 8. The summed E-state index contributed by atoms with van der Waals surface area (Å²) >= 11 is 2.76. The van der Waals surface area contributed by atoms with Crippen LogP contribution in [0.4, 0.5) is 0 Å². The number of aliphatic hydroxyl groups excluding tert-OH is 1. The number of rotatable bonds is 22. The maximum Gasteiger partial charge on any atom is 0.245 e. The smallest absolute Gasteiger partial charge is 0.245 e. The maximum atomic E-state index is 14.5. The normalized spacial score (nSPS) is 22.3. The molecule has 0 aliphatic carbocycles. The third kappa shape index (κ3) is 22.3. The number of benzene rings is 1. The molecule has 22 heteroatoms. The molecule has 10 atom stereocenters. The number of hydrogen-bond donors (Lipinski definition) is 12. The van der Waals surface area contributed by atoms with Gasteiger partial charge in [-0.3, -0.25) is 38.4 Å². The highest BCUT2D eigenvalue weighted by Crippen LogP contribution is 2.20. The lowest BCUT2D eigenvalue weighted by molar-refractivity contribution is -0.136. The van der Waals surface area contributed by atoms with Gasteiger partial charge in [0.2, 0.25) is 47.3 Å². The Morgan fingerprint density at radius 1 is 0.729 bits per heavy atom. The fraction of sp³-hybridized carbons (Fsp3) is 0.708. The van der Waals surface area contributed by atoms with E-state index in [1.807, 2.05) is 58.9 Å². The molecule has 0 radical (unpaired) electrons.